The number of hydrogen-bond donors (Lipinski definition) is 1. The lowest BCUT2D eigenvalue weighted by atomic mass is 10.1. The SMILES string of the molecule is COC(=O)C(N)Cc1ccc(OCCCSC)cc1. The van der Waals surface area contributed by atoms with Crippen molar-refractivity contribution < 1.29 is 14.3 Å². The molecule has 1 rings (SSSR count). The summed E-state index contributed by atoms with van der Waals surface area (Å²) in [6, 6.07) is 7.04. The van der Waals surface area contributed by atoms with Gasteiger partial charge in [-0.05, 0) is 42.5 Å². The van der Waals surface area contributed by atoms with E-state index in [9.17, 15) is 4.79 Å². The van der Waals surface area contributed by atoms with Crippen LogP contribution in [0, 0.1) is 0 Å². The number of hydrogen-bond acceptors (Lipinski definition) is 5. The van der Waals surface area contributed by atoms with Crippen LogP contribution in [0.3, 0.4) is 0 Å². The van der Waals surface area contributed by atoms with E-state index in [1.807, 2.05) is 36.0 Å². The van der Waals surface area contributed by atoms with Crippen LogP contribution < -0.4 is 10.5 Å². The molecule has 0 heterocycles. The molecular formula is C14H21NO3S. The summed E-state index contributed by atoms with van der Waals surface area (Å²) in [7, 11) is 1.34. The topological polar surface area (TPSA) is 61.5 Å². The van der Waals surface area contributed by atoms with Crippen LogP contribution >= 0.6 is 11.8 Å². The van der Waals surface area contributed by atoms with Crippen molar-refractivity contribution in [3.8, 4) is 5.75 Å². The van der Waals surface area contributed by atoms with Crippen LogP contribution in [0.25, 0.3) is 0 Å². The Morgan fingerprint density at radius 3 is 2.63 bits per heavy atom. The Morgan fingerprint density at radius 1 is 1.37 bits per heavy atom. The molecule has 0 aliphatic carbocycles. The van der Waals surface area contributed by atoms with E-state index < -0.39 is 12.0 Å². The maximum atomic E-state index is 11.2. The van der Waals surface area contributed by atoms with E-state index in [0.29, 0.717) is 6.42 Å². The molecule has 1 unspecified atom stereocenters. The van der Waals surface area contributed by atoms with Gasteiger partial charge in [0.05, 0.1) is 13.7 Å². The lowest BCUT2D eigenvalue weighted by molar-refractivity contribution is -0.142. The second-order valence-electron chi connectivity index (χ2n) is 4.17. The van der Waals surface area contributed by atoms with E-state index in [1.165, 1.54) is 7.11 Å². The van der Waals surface area contributed by atoms with Crippen LogP contribution in [0.2, 0.25) is 0 Å². The predicted octanol–water partition coefficient (Wildman–Crippen LogP) is 1.86. The monoisotopic (exact) mass is 283 g/mol. The maximum absolute atomic E-state index is 11.2. The largest absolute Gasteiger partial charge is 0.494 e. The molecule has 0 saturated carbocycles. The molecule has 1 aromatic carbocycles. The number of ether oxygens (including phenoxy) is 2. The van der Waals surface area contributed by atoms with Gasteiger partial charge in [0.15, 0.2) is 0 Å². The predicted molar refractivity (Wildman–Crippen MR) is 78.6 cm³/mol. The Labute approximate surface area is 118 Å². The summed E-state index contributed by atoms with van der Waals surface area (Å²) in [4.78, 5) is 11.2. The van der Waals surface area contributed by atoms with Gasteiger partial charge in [0.25, 0.3) is 0 Å². The molecule has 0 spiro atoms. The summed E-state index contributed by atoms with van der Waals surface area (Å²) in [5, 5.41) is 0. The molecule has 0 aliphatic heterocycles. The third-order valence-electron chi connectivity index (χ3n) is 2.64. The molecule has 5 heteroatoms. The molecule has 0 fully saturated rings. The summed E-state index contributed by atoms with van der Waals surface area (Å²) in [5.41, 5.74) is 6.70. The average Bonchev–Trinajstić information content (AvgIpc) is 2.44. The zero-order valence-corrected chi connectivity index (χ0v) is 12.2. The molecule has 0 aromatic heterocycles. The fourth-order valence-electron chi connectivity index (χ4n) is 1.60. The summed E-state index contributed by atoms with van der Waals surface area (Å²) in [6.07, 6.45) is 3.59. The molecule has 0 saturated heterocycles. The highest BCUT2D eigenvalue weighted by atomic mass is 32.2. The fourth-order valence-corrected chi connectivity index (χ4v) is 2.01. The van der Waals surface area contributed by atoms with Crippen molar-refractivity contribution in [2.75, 3.05) is 25.7 Å². The van der Waals surface area contributed by atoms with Crippen molar-refractivity contribution in [1.29, 1.82) is 0 Å². The third-order valence-corrected chi connectivity index (χ3v) is 3.34. The van der Waals surface area contributed by atoms with Crippen molar-refractivity contribution in [3.05, 3.63) is 29.8 Å². The van der Waals surface area contributed by atoms with Crippen LogP contribution in [0.5, 0.6) is 5.75 Å². The van der Waals surface area contributed by atoms with Gasteiger partial charge in [0, 0.05) is 0 Å². The van der Waals surface area contributed by atoms with Crippen molar-refractivity contribution in [2.24, 2.45) is 5.73 Å². The molecule has 0 amide bonds. The van der Waals surface area contributed by atoms with Crippen LogP contribution in [-0.4, -0.2) is 37.7 Å². The lowest BCUT2D eigenvalue weighted by Gasteiger charge is -2.10. The van der Waals surface area contributed by atoms with Crippen LogP contribution in [0.4, 0.5) is 0 Å². The van der Waals surface area contributed by atoms with Gasteiger partial charge in [-0.2, -0.15) is 11.8 Å². The fraction of sp³-hybridized carbons (Fsp3) is 0.500. The molecule has 0 bridgehead atoms. The smallest absolute Gasteiger partial charge is 0.322 e. The van der Waals surface area contributed by atoms with Gasteiger partial charge in [-0.1, -0.05) is 12.1 Å². The highest BCUT2D eigenvalue weighted by Gasteiger charge is 2.13. The van der Waals surface area contributed by atoms with E-state index in [-0.39, 0.29) is 0 Å². The maximum Gasteiger partial charge on any atom is 0.322 e. The van der Waals surface area contributed by atoms with Gasteiger partial charge in [-0.15, -0.1) is 0 Å². The quantitative estimate of drug-likeness (QED) is 0.583. The summed E-state index contributed by atoms with van der Waals surface area (Å²) in [5.74, 6) is 1.56. The molecule has 2 N–H and O–H groups in total. The molecule has 0 radical (unpaired) electrons. The Morgan fingerprint density at radius 2 is 2.05 bits per heavy atom. The minimum atomic E-state index is -0.613. The second-order valence-corrected chi connectivity index (χ2v) is 5.16. The Kier molecular flexibility index (Phi) is 7.36. The molecule has 4 nitrogen and oxygen atoms in total. The van der Waals surface area contributed by atoms with E-state index in [0.717, 1.165) is 30.1 Å². The minimum absolute atomic E-state index is 0.391. The summed E-state index contributed by atoms with van der Waals surface area (Å²) in [6.45, 7) is 0.724. The number of carbonyl (C=O) groups is 1. The van der Waals surface area contributed by atoms with Crippen molar-refractivity contribution in [3.63, 3.8) is 0 Å². The van der Waals surface area contributed by atoms with Gasteiger partial charge in [0.2, 0.25) is 0 Å². The highest BCUT2D eigenvalue weighted by molar-refractivity contribution is 7.98. The lowest BCUT2D eigenvalue weighted by Crippen LogP contribution is -2.33. The minimum Gasteiger partial charge on any atom is -0.494 e. The zero-order chi connectivity index (χ0) is 14.1. The summed E-state index contributed by atoms with van der Waals surface area (Å²) < 4.78 is 10.2. The van der Waals surface area contributed by atoms with E-state index in [2.05, 4.69) is 11.0 Å². The highest BCUT2D eigenvalue weighted by Crippen LogP contribution is 2.14. The number of thioether (sulfide) groups is 1. The van der Waals surface area contributed by atoms with Crippen molar-refractivity contribution >= 4 is 17.7 Å². The third kappa shape index (κ3) is 5.98. The van der Waals surface area contributed by atoms with Gasteiger partial charge < -0.3 is 15.2 Å². The Balaban J connectivity index is 2.41. The van der Waals surface area contributed by atoms with Gasteiger partial charge in [-0.3, -0.25) is 4.79 Å². The van der Waals surface area contributed by atoms with Gasteiger partial charge in [0.1, 0.15) is 11.8 Å². The van der Waals surface area contributed by atoms with Crippen molar-refractivity contribution in [1.82, 2.24) is 0 Å². The number of methoxy groups -OCH3 is 1. The molecule has 1 atom stereocenters. The normalized spacial score (nSPS) is 11.9. The first-order valence-corrected chi connectivity index (χ1v) is 7.61. The zero-order valence-electron chi connectivity index (χ0n) is 11.4. The number of rotatable bonds is 8. The van der Waals surface area contributed by atoms with Crippen LogP contribution in [0.15, 0.2) is 24.3 Å². The van der Waals surface area contributed by atoms with Crippen LogP contribution in [-0.2, 0) is 16.0 Å². The first kappa shape index (κ1) is 15.9. The molecular weight excluding hydrogens is 262 g/mol. The number of esters is 1. The number of nitrogens with two attached hydrogens (primary N) is 1. The first-order valence-electron chi connectivity index (χ1n) is 6.21. The van der Waals surface area contributed by atoms with Gasteiger partial charge >= 0.3 is 5.97 Å². The number of carbonyl (C=O) groups excluding carboxylic acids is 1. The Hall–Kier alpha value is -1.20. The molecule has 1 aromatic rings. The van der Waals surface area contributed by atoms with E-state index in [1.54, 1.807) is 0 Å². The van der Waals surface area contributed by atoms with Gasteiger partial charge in [-0.25, -0.2) is 0 Å². The van der Waals surface area contributed by atoms with Crippen LogP contribution in [0.1, 0.15) is 12.0 Å². The standard InChI is InChI=1S/C14H21NO3S/c1-17-14(16)13(15)10-11-4-6-12(7-5-11)18-8-3-9-19-2/h4-7,13H,3,8-10,15H2,1-2H3. The first-order chi connectivity index (χ1) is 9.17. The molecule has 0 aliphatic rings. The summed E-state index contributed by atoms with van der Waals surface area (Å²) >= 11 is 1.81. The second kappa shape index (κ2) is 8.82. The van der Waals surface area contributed by atoms with E-state index in [4.69, 9.17) is 10.5 Å². The van der Waals surface area contributed by atoms with E-state index >= 15 is 0 Å². The van der Waals surface area contributed by atoms with Crippen molar-refractivity contribution in [2.45, 2.75) is 18.9 Å². The average molecular weight is 283 g/mol. The number of benzene rings is 1. The Bertz CT molecular complexity index is 381. The molecule has 19 heavy (non-hydrogen) atoms. The molecule has 106 valence electrons.